The van der Waals surface area contributed by atoms with Crippen molar-refractivity contribution < 1.29 is 9.84 Å². The summed E-state index contributed by atoms with van der Waals surface area (Å²) in [6.07, 6.45) is 1.03. The van der Waals surface area contributed by atoms with Crippen molar-refractivity contribution in [1.82, 2.24) is 4.90 Å². The Hall–Kier alpha value is -1.26. The topological polar surface area (TPSA) is 58.7 Å². The average molecular weight is 236 g/mol. The minimum Gasteiger partial charge on any atom is -0.504 e. The first-order valence-corrected chi connectivity index (χ1v) is 6.12. The summed E-state index contributed by atoms with van der Waals surface area (Å²) in [6.45, 7) is 5.11. The van der Waals surface area contributed by atoms with Crippen LogP contribution >= 0.6 is 0 Å². The molecule has 1 fully saturated rings. The molecule has 94 valence electrons. The van der Waals surface area contributed by atoms with E-state index in [1.54, 1.807) is 6.07 Å². The van der Waals surface area contributed by atoms with E-state index in [0.29, 0.717) is 12.4 Å². The van der Waals surface area contributed by atoms with Gasteiger partial charge in [0.05, 0.1) is 6.61 Å². The number of hydrogen-bond donors (Lipinski definition) is 2. The number of aromatic hydroxyl groups is 1. The zero-order chi connectivity index (χ0) is 12.3. The molecule has 1 atom stereocenters. The first-order valence-electron chi connectivity index (χ1n) is 6.12. The van der Waals surface area contributed by atoms with E-state index in [1.807, 2.05) is 19.1 Å². The number of phenolic OH excluding ortho intramolecular Hbond substituents is 1. The Morgan fingerprint density at radius 3 is 3.00 bits per heavy atom. The molecule has 17 heavy (non-hydrogen) atoms. The van der Waals surface area contributed by atoms with Crippen LogP contribution in [0, 0.1) is 0 Å². The van der Waals surface area contributed by atoms with Crippen molar-refractivity contribution in [2.24, 2.45) is 5.73 Å². The Balaban J connectivity index is 2.07. The van der Waals surface area contributed by atoms with Crippen LogP contribution in [0.3, 0.4) is 0 Å². The summed E-state index contributed by atoms with van der Waals surface area (Å²) in [4.78, 5) is 2.26. The molecule has 2 rings (SSSR count). The van der Waals surface area contributed by atoms with Gasteiger partial charge in [-0.25, -0.2) is 0 Å². The molecule has 0 aliphatic carbocycles. The molecule has 1 saturated heterocycles. The van der Waals surface area contributed by atoms with Crippen LogP contribution in [0.4, 0.5) is 0 Å². The molecule has 1 aliphatic heterocycles. The van der Waals surface area contributed by atoms with Gasteiger partial charge in [0.15, 0.2) is 11.5 Å². The molecule has 1 aromatic carbocycles. The molecule has 3 N–H and O–H groups in total. The second-order valence-electron chi connectivity index (χ2n) is 4.48. The number of nitrogens with two attached hydrogens (primary N) is 1. The maximum Gasteiger partial charge on any atom is 0.162 e. The van der Waals surface area contributed by atoms with Gasteiger partial charge in [-0.15, -0.1) is 0 Å². The van der Waals surface area contributed by atoms with Crippen molar-refractivity contribution in [2.45, 2.75) is 25.9 Å². The van der Waals surface area contributed by atoms with Gasteiger partial charge in [-0.1, -0.05) is 12.1 Å². The summed E-state index contributed by atoms with van der Waals surface area (Å²) >= 11 is 0. The number of nitrogens with zero attached hydrogens (tertiary/aromatic N) is 1. The molecule has 4 nitrogen and oxygen atoms in total. The second kappa shape index (κ2) is 5.38. The number of likely N-dealkylation sites (tertiary alicyclic amines) is 1. The molecule has 1 heterocycles. The van der Waals surface area contributed by atoms with Gasteiger partial charge in [0, 0.05) is 31.2 Å². The molecule has 0 bridgehead atoms. The highest BCUT2D eigenvalue weighted by atomic mass is 16.5. The van der Waals surface area contributed by atoms with E-state index >= 15 is 0 Å². The largest absolute Gasteiger partial charge is 0.504 e. The fraction of sp³-hybridized carbons (Fsp3) is 0.538. The van der Waals surface area contributed by atoms with Crippen molar-refractivity contribution in [1.29, 1.82) is 0 Å². The summed E-state index contributed by atoms with van der Waals surface area (Å²) in [6, 6.07) is 5.91. The van der Waals surface area contributed by atoms with Crippen molar-refractivity contribution in [3.05, 3.63) is 23.8 Å². The number of phenols is 1. The smallest absolute Gasteiger partial charge is 0.162 e. The fourth-order valence-electron chi connectivity index (χ4n) is 2.21. The number of rotatable bonds is 4. The highest BCUT2D eigenvalue weighted by Crippen LogP contribution is 2.31. The van der Waals surface area contributed by atoms with E-state index in [4.69, 9.17) is 10.5 Å². The Labute approximate surface area is 102 Å². The van der Waals surface area contributed by atoms with Gasteiger partial charge in [-0.05, 0) is 19.4 Å². The third kappa shape index (κ3) is 2.90. The van der Waals surface area contributed by atoms with Gasteiger partial charge in [0.2, 0.25) is 0 Å². The lowest BCUT2D eigenvalue weighted by Gasteiger charge is -2.17. The van der Waals surface area contributed by atoms with Crippen LogP contribution in [0.15, 0.2) is 18.2 Å². The van der Waals surface area contributed by atoms with E-state index in [2.05, 4.69) is 4.90 Å². The molecule has 0 unspecified atom stereocenters. The molecule has 0 radical (unpaired) electrons. The predicted molar refractivity (Wildman–Crippen MR) is 67.1 cm³/mol. The summed E-state index contributed by atoms with van der Waals surface area (Å²) in [5.41, 5.74) is 6.77. The van der Waals surface area contributed by atoms with Crippen LogP contribution in [-0.4, -0.2) is 35.7 Å². The monoisotopic (exact) mass is 236 g/mol. The normalized spacial score (nSPS) is 20.7. The fourth-order valence-corrected chi connectivity index (χ4v) is 2.21. The first-order chi connectivity index (χ1) is 8.20. The Kier molecular flexibility index (Phi) is 3.86. The molecule has 0 amide bonds. The van der Waals surface area contributed by atoms with Gasteiger partial charge in [0.25, 0.3) is 0 Å². The highest BCUT2D eigenvalue weighted by Gasteiger charge is 2.20. The van der Waals surface area contributed by atoms with Crippen LogP contribution in [0.1, 0.15) is 18.9 Å². The van der Waals surface area contributed by atoms with Crippen LogP contribution in [0.2, 0.25) is 0 Å². The summed E-state index contributed by atoms with van der Waals surface area (Å²) in [5.74, 6) is 0.823. The number of benzene rings is 1. The third-order valence-electron chi connectivity index (χ3n) is 3.09. The standard InChI is InChI=1S/C13H20N2O2/c1-2-17-12-5-3-4-10(13(12)16)8-15-7-6-11(14)9-15/h3-5,11,16H,2,6-9,14H2,1H3/t11-/m0/s1. The third-order valence-corrected chi connectivity index (χ3v) is 3.09. The van der Waals surface area contributed by atoms with Crippen molar-refractivity contribution in [2.75, 3.05) is 19.7 Å². The SMILES string of the molecule is CCOc1cccc(CN2CC[C@H](N)C2)c1O. The molecular weight excluding hydrogens is 216 g/mol. The summed E-state index contributed by atoms with van der Waals surface area (Å²) in [7, 11) is 0. The van der Waals surface area contributed by atoms with Crippen LogP contribution in [0.25, 0.3) is 0 Å². The number of para-hydroxylation sites is 1. The van der Waals surface area contributed by atoms with E-state index in [1.165, 1.54) is 0 Å². The van der Waals surface area contributed by atoms with Gasteiger partial charge in [-0.3, -0.25) is 4.90 Å². The predicted octanol–water partition coefficient (Wildman–Crippen LogP) is 1.32. The molecule has 1 aromatic rings. The average Bonchev–Trinajstić information content (AvgIpc) is 2.70. The lowest BCUT2D eigenvalue weighted by atomic mass is 10.1. The van der Waals surface area contributed by atoms with E-state index < -0.39 is 0 Å². The maximum absolute atomic E-state index is 10.1. The highest BCUT2D eigenvalue weighted by molar-refractivity contribution is 5.45. The van der Waals surface area contributed by atoms with Crippen molar-refractivity contribution >= 4 is 0 Å². The van der Waals surface area contributed by atoms with Gasteiger partial charge in [0.1, 0.15) is 0 Å². The van der Waals surface area contributed by atoms with Gasteiger partial charge in [-0.2, -0.15) is 0 Å². The van der Waals surface area contributed by atoms with E-state index in [0.717, 1.165) is 31.6 Å². The molecule has 1 aliphatic rings. The Morgan fingerprint density at radius 2 is 2.35 bits per heavy atom. The van der Waals surface area contributed by atoms with Crippen LogP contribution in [-0.2, 0) is 6.54 Å². The molecule has 0 spiro atoms. The first kappa shape index (κ1) is 12.2. The van der Waals surface area contributed by atoms with E-state index in [9.17, 15) is 5.11 Å². The molecule has 0 aromatic heterocycles. The molecular formula is C13H20N2O2. The van der Waals surface area contributed by atoms with Gasteiger partial charge < -0.3 is 15.6 Å². The second-order valence-corrected chi connectivity index (χ2v) is 4.48. The van der Waals surface area contributed by atoms with Crippen LogP contribution < -0.4 is 10.5 Å². The van der Waals surface area contributed by atoms with Gasteiger partial charge >= 0.3 is 0 Å². The molecule has 0 saturated carbocycles. The minimum atomic E-state index is 0.259. The number of hydrogen-bond acceptors (Lipinski definition) is 4. The van der Waals surface area contributed by atoms with Crippen molar-refractivity contribution in [3.63, 3.8) is 0 Å². The van der Waals surface area contributed by atoms with E-state index in [-0.39, 0.29) is 11.8 Å². The van der Waals surface area contributed by atoms with Crippen molar-refractivity contribution in [3.8, 4) is 11.5 Å². The zero-order valence-electron chi connectivity index (χ0n) is 10.2. The summed E-state index contributed by atoms with van der Waals surface area (Å²) < 4.78 is 5.37. The van der Waals surface area contributed by atoms with Crippen LogP contribution in [0.5, 0.6) is 11.5 Å². The Bertz CT molecular complexity index is 382. The Morgan fingerprint density at radius 1 is 1.53 bits per heavy atom. The minimum absolute atomic E-state index is 0.259. The maximum atomic E-state index is 10.1. The molecule has 4 heteroatoms. The zero-order valence-corrected chi connectivity index (χ0v) is 10.2. The summed E-state index contributed by atoms with van der Waals surface area (Å²) in [5, 5.41) is 10.1. The lowest BCUT2D eigenvalue weighted by Crippen LogP contribution is -2.26. The quantitative estimate of drug-likeness (QED) is 0.828. The lowest BCUT2D eigenvalue weighted by molar-refractivity contribution is 0.301. The number of ether oxygens (including phenoxy) is 1.